The van der Waals surface area contributed by atoms with Crippen molar-refractivity contribution in [3.05, 3.63) is 29.6 Å². The molecule has 1 aromatic heterocycles. The van der Waals surface area contributed by atoms with Crippen molar-refractivity contribution in [2.75, 3.05) is 13.1 Å². The van der Waals surface area contributed by atoms with Gasteiger partial charge in [0.15, 0.2) is 0 Å². The monoisotopic (exact) mass is 248 g/mol. The first kappa shape index (κ1) is 13.0. The van der Waals surface area contributed by atoms with E-state index in [2.05, 4.69) is 16.0 Å². The van der Waals surface area contributed by atoms with Crippen molar-refractivity contribution < 1.29 is 9.90 Å². The Balaban J connectivity index is 1.89. The highest BCUT2D eigenvalue weighted by atomic mass is 16.4. The van der Waals surface area contributed by atoms with Gasteiger partial charge in [-0.15, -0.1) is 0 Å². The van der Waals surface area contributed by atoms with Crippen LogP contribution >= 0.6 is 0 Å². The summed E-state index contributed by atoms with van der Waals surface area (Å²) in [6, 6.07) is 4.12. The molecule has 18 heavy (non-hydrogen) atoms. The smallest absolute Gasteiger partial charge is 0.303 e. The molecule has 0 bridgehead atoms. The van der Waals surface area contributed by atoms with E-state index in [1.54, 1.807) is 0 Å². The van der Waals surface area contributed by atoms with E-state index in [-0.39, 0.29) is 0 Å². The summed E-state index contributed by atoms with van der Waals surface area (Å²) in [5.74, 6) is -0.381. The number of hydrogen-bond donors (Lipinski definition) is 1. The molecular weight excluding hydrogens is 228 g/mol. The molecule has 0 radical (unpaired) electrons. The van der Waals surface area contributed by atoms with E-state index in [9.17, 15) is 4.79 Å². The number of carboxylic acid groups (broad SMARTS) is 1. The average Bonchev–Trinajstić information content (AvgIpc) is 2.32. The molecule has 1 fully saturated rings. The topological polar surface area (TPSA) is 53.4 Å². The van der Waals surface area contributed by atoms with Crippen LogP contribution in [0, 0.1) is 12.8 Å². The second-order valence-electron chi connectivity index (χ2n) is 5.15. The number of piperidine rings is 1. The van der Waals surface area contributed by atoms with Gasteiger partial charge in [-0.2, -0.15) is 0 Å². The average molecular weight is 248 g/mol. The molecule has 0 spiro atoms. The third-order valence-corrected chi connectivity index (χ3v) is 3.45. The molecule has 2 rings (SSSR count). The lowest BCUT2D eigenvalue weighted by molar-refractivity contribution is -0.138. The van der Waals surface area contributed by atoms with Crippen molar-refractivity contribution in [2.24, 2.45) is 5.92 Å². The summed E-state index contributed by atoms with van der Waals surface area (Å²) < 4.78 is 0. The summed E-state index contributed by atoms with van der Waals surface area (Å²) in [7, 11) is 0. The zero-order valence-corrected chi connectivity index (χ0v) is 10.8. The Morgan fingerprint density at radius 1 is 1.56 bits per heavy atom. The molecule has 0 amide bonds. The van der Waals surface area contributed by atoms with Gasteiger partial charge in [-0.1, -0.05) is 6.07 Å². The minimum absolute atomic E-state index is 0.294. The van der Waals surface area contributed by atoms with Crippen molar-refractivity contribution >= 4 is 5.97 Å². The van der Waals surface area contributed by atoms with Crippen molar-refractivity contribution in [1.82, 2.24) is 9.88 Å². The lowest BCUT2D eigenvalue weighted by Crippen LogP contribution is -2.35. The predicted octanol–water partition coefficient (Wildman–Crippen LogP) is 2.08. The van der Waals surface area contributed by atoms with Crippen LogP contribution in [-0.2, 0) is 11.3 Å². The number of aliphatic carboxylic acids is 1. The maximum Gasteiger partial charge on any atom is 0.303 e. The highest BCUT2D eigenvalue weighted by Crippen LogP contribution is 2.21. The standard InChI is InChI=1S/C14H20N2O2/c1-11-4-5-13(8-15-11)10-16-6-2-3-12(9-16)7-14(17)18/h4-5,8,12H,2-3,6-7,9-10H2,1H3,(H,17,18). The first-order valence-electron chi connectivity index (χ1n) is 6.49. The van der Waals surface area contributed by atoms with Crippen molar-refractivity contribution in [3.63, 3.8) is 0 Å². The fourth-order valence-corrected chi connectivity index (χ4v) is 2.56. The molecule has 1 aliphatic rings. The lowest BCUT2D eigenvalue weighted by Gasteiger charge is -2.31. The largest absolute Gasteiger partial charge is 0.481 e. The van der Waals surface area contributed by atoms with Gasteiger partial charge in [0.2, 0.25) is 0 Å². The zero-order valence-electron chi connectivity index (χ0n) is 10.8. The summed E-state index contributed by atoms with van der Waals surface area (Å²) in [6.45, 7) is 4.81. The van der Waals surface area contributed by atoms with Crippen LogP contribution in [0.3, 0.4) is 0 Å². The van der Waals surface area contributed by atoms with E-state index in [4.69, 9.17) is 5.11 Å². The SMILES string of the molecule is Cc1ccc(CN2CCCC(CC(=O)O)C2)cn1. The van der Waals surface area contributed by atoms with Gasteiger partial charge in [0, 0.05) is 31.4 Å². The fourth-order valence-electron chi connectivity index (χ4n) is 2.56. The summed E-state index contributed by atoms with van der Waals surface area (Å²) in [5, 5.41) is 8.84. The highest BCUT2D eigenvalue weighted by Gasteiger charge is 2.21. The minimum Gasteiger partial charge on any atom is -0.481 e. The summed E-state index contributed by atoms with van der Waals surface area (Å²) in [6.07, 6.45) is 4.34. The van der Waals surface area contributed by atoms with Crippen LogP contribution in [0.4, 0.5) is 0 Å². The molecule has 1 N–H and O–H groups in total. The predicted molar refractivity (Wildman–Crippen MR) is 69.2 cm³/mol. The molecule has 4 nitrogen and oxygen atoms in total. The van der Waals surface area contributed by atoms with E-state index in [1.165, 1.54) is 5.56 Å². The summed E-state index contributed by atoms with van der Waals surface area (Å²) in [5.41, 5.74) is 2.23. The van der Waals surface area contributed by atoms with E-state index < -0.39 is 5.97 Å². The number of carbonyl (C=O) groups is 1. The Labute approximate surface area is 108 Å². The number of aryl methyl sites for hydroxylation is 1. The van der Waals surface area contributed by atoms with Crippen molar-refractivity contribution in [1.29, 1.82) is 0 Å². The van der Waals surface area contributed by atoms with E-state index >= 15 is 0 Å². The molecule has 1 atom stereocenters. The second-order valence-corrected chi connectivity index (χ2v) is 5.15. The molecule has 1 aromatic rings. The van der Waals surface area contributed by atoms with Crippen LogP contribution in [0.15, 0.2) is 18.3 Å². The van der Waals surface area contributed by atoms with Gasteiger partial charge in [0.25, 0.3) is 0 Å². The van der Waals surface area contributed by atoms with Crippen LogP contribution in [0.2, 0.25) is 0 Å². The van der Waals surface area contributed by atoms with Gasteiger partial charge in [0.05, 0.1) is 0 Å². The molecule has 2 heterocycles. The Morgan fingerprint density at radius 3 is 3.06 bits per heavy atom. The summed E-state index contributed by atoms with van der Waals surface area (Å²) >= 11 is 0. The Hall–Kier alpha value is -1.42. The third-order valence-electron chi connectivity index (χ3n) is 3.45. The molecule has 1 saturated heterocycles. The number of rotatable bonds is 4. The molecule has 4 heteroatoms. The third kappa shape index (κ3) is 3.81. The lowest BCUT2D eigenvalue weighted by atomic mass is 9.94. The van der Waals surface area contributed by atoms with Crippen LogP contribution in [-0.4, -0.2) is 34.0 Å². The van der Waals surface area contributed by atoms with Crippen LogP contribution in [0.25, 0.3) is 0 Å². The molecule has 1 unspecified atom stereocenters. The minimum atomic E-state index is -0.682. The Bertz CT molecular complexity index is 403. The van der Waals surface area contributed by atoms with Gasteiger partial charge in [-0.25, -0.2) is 0 Å². The molecule has 1 aliphatic heterocycles. The molecule has 98 valence electrons. The highest BCUT2D eigenvalue weighted by molar-refractivity contribution is 5.67. The van der Waals surface area contributed by atoms with Gasteiger partial charge in [0.1, 0.15) is 0 Å². The number of aromatic nitrogens is 1. The fraction of sp³-hybridized carbons (Fsp3) is 0.571. The van der Waals surface area contributed by atoms with E-state index in [0.717, 1.165) is 38.2 Å². The van der Waals surface area contributed by atoms with Crippen LogP contribution in [0.5, 0.6) is 0 Å². The molecular formula is C14H20N2O2. The number of carboxylic acids is 1. The van der Waals surface area contributed by atoms with Crippen molar-refractivity contribution in [2.45, 2.75) is 32.7 Å². The molecule has 0 aromatic carbocycles. The summed E-state index contributed by atoms with van der Waals surface area (Å²) in [4.78, 5) is 17.4. The number of nitrogens with zero attached hydrogens (tertiary/aromatic N) is 2. The number of likely N-dealkylation sites (tertiary alicyclic amines) is 1. The van der Waals surface area contributed by atoms with Gasteiger partial charge < -0.3 is 5.11 Å². The van der Waals surface area contributed by atoms with E-state index in [1.807, 2.05) is 19.2 Å². The Kier molecular flexibility index (Phi) is 4.31. The zero-order chi connectivity index (χ0) is 13.0. The number of pyridine rings is 1. The van der Waals surface area contributed by atoms with Gasteiger partial charge in [-0.3, -0.25) is 14.7 Å². The normalized spacial score (nSPS) is 20.8. The first-order valence-corrected chi connectivity index (χ1v) is 6.49. The van der Waals surface area contributed by atoms with Gasteiger partial charge in [-0.05, 0) is 43.9 Å². The number of hydrogen-bond acceptors (Lipinski definition) is 3. The first-order chi connectivity index (χ1) is 8.63. The van der Waals surface area contributed by atoms with Gasteiger partial charge >= 0.3 is 5.97 Å². The second kappa shape index (κ2) is 5.96. The van der Waals surface area contributed by atoms with E-state index in [0.29, 0.717) is 12.3 Å². The molecule has 0 saturated carbocycles. The Morgan fingerprint density at radius 2 is 2.39 bits per heavy atom. The maximum absolute atomic E-state index is 10.7. The molecule has 0 aliphatic carbocycles. The van der Waals surface area contributed by atoms with Crippen LogP contribution < -0.4 is 0 Å². The van der Waals surface area contributed by atoms with Crippen LogP contribution in [0.1, 0.15) is 30.5 Å². The van der Waals surface area contributed by atoms with Crippen molar-refractivity contribution in [3.8, 4) is 0 Å². The quantitative estimate of drug-likeness (QED) is 0.886. The maximum atomic E-state index is 10.7.